The summed E-state index contributed by atoms with van der Waals surface area (Å²) in [6.07, 6.45) is 1.69. The largest absolute Gasteiger partial charge is 0.340 e. The van der Waals surface area contributed by atoms with Crippen LogP contribution in [0.4, 0.5) is 13.2 Å². The summed E-state index contributed by atoms with van der Waals surface area (Å²) in [5, 5.41) is 0. The third-order valence-electron chi connectivity index (χ3n) is 8.94. The molecule has 2 heterocycles. The SMILES string of the molecule is CCN(CC)C(=O)C(OS(=O)(=O)c1ccc(C)cc1)S(=O)(=O)CCC(=O)N1C2CCC1CC(C(N)Cc1cc(F)c(F)cc1F)C2. The van der Waals surface area contributed by atoms with Crippen LogP contribution in [-0.4, -0.2) is 80.9 Å². The van der Waals surface area contributed by atoms with Crippen LogP contribution in [0.2, 0.25) is 0 Å². The van der Waals surface area contributed by atoms with E-state index < -0.39 is 72.9 Å². The topological polar surface area (TPSA) is 144 Å². The van der Waals surface area contributed by atoms with Crippen molar-refractivity contribution in [3.05, 3.63) is 65.0 Å². The summed E-state index contributed by atoms with van der Waals surface area (Å²) in [5.74, 6) is -5.82. The molecular weight excluding hydrogens is 647 g/mol. The van der Waals surface area contributed by atoms with Crippen LogP contribution in [0.1, 0.15) is 57.1 Å². The molecule has 2 bridgehead atoms. The number of aryl methyl sites for hydroxylation is 1. The minimum atomic E-state index is -4.66. The quantitative estimate of drug-likeness (QED) is 0.249. The van der Waals surface area contributed by atoms with Gasteiger partial charge in [-0.2, -0.15) is 8.42 Å². The Morgan fingerprint density at radius 1 is 0.957 bits per heavy atom. The van der Waals surface area contributed by atoms with Crippen LogP contribution in [0.3, 0.4) is 0 Å². The first kappa shape index (κ1) is 35.8. The third-order valence-corrected chi connectivity index (χ3v) is 12.1. The normalized spacial score (nSPS) is 21.2. The second-order valence-corrected chi connectivity index (χ2v) is 15.7. The van der Waals surface area contributed by atoms with Crippen LogP contribution in [0, 0.1) is 30.3 Å². The van der Waals surface area contributed by atoms with Crippen molar-refractivity contribution in [2.45, 2.75) is 87.8 Å². The van der Waals surface area contributed by atoms with E-state index in [0.717, 1.165) is 16.5 Å². The van der Waals surface area contributed by atoms with Crippen molar-refractivity contribution in [2.75, 3.05) is 18.8 Å². The zero-order valence-electron chi connectivity index (χ0n) is 26.0. The number of carbonyl (C=O) groups excluding carboxylic acids is 2. The van der Waals surface area contributed by atoms with Crippen LogP contribution < -0.4 is 5.73 Å². The highest BCUT2D eigenvalue weighted by molar-refractivity contribution is 7.93. The van der Waals surface area contributed by atoms with Gasteiger partial charge in [-0.05, 0) is 82.6 Å². The molecule has 4 rings (SSSR count). The van der Waals surface area contributed by atoms with Gasteiger partial charge in [-0.25, -0.2) is 25.8 Å². The molecular formula is C31H40F3N3O7S2. The lowest BCUT2D eigenvalue weighted by Crippen LogP contribution is -2.51. The molecule has 15 heteroatoms. The summed E-state index contributed by atoms with van der Waals surface area (Å²) < 4.78 is 99.5. The molecule has 2 N–H and O–H groups in total. The van der Waals surface area contributed by atoms with Crippen LogP contribution >= 0.6 is 0 Å². The number of piperidine rings is 1. The average Bonchev–Trinajstić information content (AvgIpc) is 3.26. The molecule has 2 aromatic rings. The number of halogens is 3. The van der Waals surface area contributed by atoms with Crippen molar-refractivity contribution in [3.63, 3.8) is 0 Å². The Bertz CT molecular complexity index is 1640. The number of nitrogens with zero attached hydrogens (tertiary/aromatic N) is 2. The summed E-state index contributed by atoms with van der Waals surface area (Å²) in [6, 6.07) is 5.70. The van der Waals surface area contributed by atoms with Gasteiger partial charge in [-0.15, -0.1) is 0 Å². The minimum absolute atomic E-state index is 0.0211. The lowest BCUT2D eigenvalue weighted by Gasteiger charge is -2.41. The molecule has 0 saturated carbocycles. The van der Waals surface area contributed by atoms with Crippen molar-refractivity contribution in [1.82, 2.24) is 9.80 Å². The molecule has 0 aromatic heterocycles. The third kappa shape index (κ3) is 7.92. The summed E-state index contributed by atoms with van der Waals surface area (Å²) in [6.45, 7) is 5.19. The number of likely N-dealkylation sites (N-methyl/N-ethyl adjacent to an activating group) is 1. The van der Waals surface area contributed by atoms with E-state index in [1.807, 2.05) is 0 Å². The van der Waals surface area contributed by atoms with Crippen LogP contribution in [0.25, 0.3) is 0 Å². The van der Waals surface area contributed by atoms with E-state index >= 15 is 0 Å². The Kier molecular flexibility index (Phi) is 11.2. The van der Waals surface area contributed by atoms with E-state index in [2.05, 4.69) is 0 Å². The number of hydrogen-bond acceptors (Lipinski definition) is 8. The minimum Gasteiger partial charge on any atom is -0.340 e. The fraction of sp³-hybridized carbons (Fsp3) is 0.548. The Morgan fingerprint density at radius 3 is 2.09 bits per heavy atom. The van der Waals surface area contributed by atoms with Gasteiger partial charge in [0.25, 0.3) is 21.5 Å². The Balaban J connectivity index is 1.45. The van der Waals surface area contributed by atoms with Crippen molar-refractivity contribution in [3.8, 4) is 0 Å². The Morgan fingerprint density at radius 2 is 1.52 bits per heavy atom. The predicted molar refractivity (Wildman–Crippen MR) is 164 cm³/mol. The molecule has 2 aliphatic rings. The molecule has 2 aromatic carbocycles. The van der Waals surface area contributed by atoms with Gasteiger partial charge in [0.15, 0.2) is 21.5 Å². The fourth-order valence-electron chi connectivity index (χ4n) is 6.40. The van der Waals surface area contributed by atoms with Gasteiger partial charge in [0.2, 0.25) is 5.91 Å². The lowest BCUT2D eigenvalue weighted by atomic mass is 9.82. The van der Waals surface area contributed by atoms with E-state index in [1.54, 1.807) is 25.7 Å². The predicted octanol–water partition coefficient (Wildman–Crippen LogP) is 3.46. The van der Waals surface area contributed by atoms with Gasteiger partial charge in [-0.3, -0.25) is 9.59 Å². The van der Waals surface area contributed by atoms with Crippen molar-refractivity contribution in [2.24, 2.45) is 11.7 Å². The van der Waals surface area contributed by atoms with Gasteiger partial charge in [0.05, 0.1) is 10.6 Å². The first-order chi connectivity index (χ1) is 21.6. The number of carbonyl (C=O) groups is 2. The van der Waals surface area contributed by atoms with Gasteiger partial charge < -0.3 is 15.5 Å². The smallest absolute Gasteiger partial charge is 0.298 e. The number of nitrogens with two attached hydrogens (primary N) is 1. The molecule has 2 amide bonds. The Hall–Kier alpha value is -3.01. The molecule has 4 unspecified atom stereocenters. The first-order valence-corrected chi connectivity index (χ1v) is 18.4. The molecule has 254 valence electrons. The molecule has 46 heavy (non-hydrogen) atoms. The second kappa shape index (κ2) is 14.4. The maximum absolute atomic E-state index is 14.2. The van der Waals surface area contributed by atoms with E-state index in [0.29, 0.717) is 31.7 Å². The second-order valence-electron chi connectivity index (χ2n) is 12.0. The number of rotatable bonds is 13. The number of sulfone groups is 1. The van der Waals surface area contributed by atoms with E-state index in [9.17, 15) is 39.6 Å². The fourth-order valence-corrected chi connectivity index (χ4v) is 9.21. The van der Waals surface area contributed by atoms with Crippen molar-refractivity contribution >= 4 is 31.8 Å². The highest BCUT2D eigenvalue weighted by Gasteiger charge is 2.46. The van der Waals surface area contributed by atoms with E-state index in [-0.39, 0.29) is 48.0 Å². The van der Waals surface area contributed by atoms with Crippen molar-refractivity contribution < 1.29 is 43.8 Å². The van der Waals surface area contributed by atoms with Crippen LogP contribution in [0.5, 0.6) is 0 Å². The number of amides is 2. The van der Waals surface area contributed by atoms with E-state index in [1.165, 1.54) is 24.3 Å². The standard InChI is InChI=1S/C31H40F3N3O7S2/c1-4-36(5-2)30(39)31(44-46(42,43)24-10-6-19(3)7-11-24)45(40,41)13-12-29(38)37-22-8-9-23(37)15-21(14-22)28(35)17-20-16-26(33)27(34)18-25(20)32/h6-7,10-11,16,18,21-23,28,31H,4-5,8-9,12-15,17,35H2,1-3H3. The number of benzene rings is 2. The van der Waals surface area contributed by atoms with E-state index in [4.69, 9.17) is 9.92 Å². The van der Waals surface area contributed by atoms with Gasteiger partial charge in [0.1, 0.15) is 5.82 Å². The highest BCUT2D eigenvalue weighted by Crippen LogP contribution is 2.40. The van der Waals surface area contributed by atoms with Gasteiger partial charge in [0, 0.05) is 43.7 Å². The zero-order valence-corrected chi connectivity index (χ0v) is 27.6. The number of hydrogen-bond donors (Lipinski definition) is 1. The summed E-state index contributed by atoms with van der Waals surface area (Å²) in [4.78, 5) is 29.1. The molecule has 4 atom stereocenters. The summed E-state index contributed by atoms with van der Waals surface area (Å²) >= 11 is 0. The molecule has 2 saturated heterocycles. The molecule has 0 radical (unpaired) electrons. The molecule has 0 spiro atoms. The van der Waals surface area contributed by atoms with Crippen LogP contribution in [0.15, 0.2) is 41.3 Å². The average molecular weight is 688 g/mol. The van der Waals surface area contributed by atoms with Crippen LogP contribution in [-0.2, 0) is 40.1 Å². The first-order valence-electron chi connectivity index (χ1n) is 15.3. The summed E-state index contributed by atoms with van der Waals surface area (Å²) in [5.41, 5.74) is 4.72. The van der Waals surface area contributed by atoms with Gasteiger partial charge in [-0.1, -0.05) is 17.7 Å². The molecule has 0 aliphatic carbocycles. The maximum atomic E-state index is 14.2. The summed E-state index contributed by atoms with van der Waals surface area (Å²) in [7, 11) is -9.27. The highest BCUT2D eigenvalue weighted by atomic mass is 32.2. The molecule has 2 fully saturated rings. The molecule has 2 aliphatic heterocycles. The maximum Gasteiger partial charge on any atom is 0.298 e. The monoisotopic (exact) mass is 687 g/mol. The van der Waals surface area contributed by atoms with Crippen molar-refractivity contribution in [1.29, 1.82) is 0 Å². The molecule has 10 nitrogen and oxygen atoms in total. The van der Waals surface area contributed by atoms with Gasteiger partial charge >= 0.3 is 0 Å². The zero-order chi connectivity index (χ0) is 34.0. The lowest BCUT2D eigenvalue weighted by molar-refractivity contribution is -0.136. The number of fused-ring (bicyclic) bond motifs is 2. The Labute approximate surface area is 268 Å².